The highest BCUT2D eigenvalue weighted by molar-refractivity contribution is 6.05. The fourth-order valence-corrected chi connectivity index (χ4v) is 1.76. The van der Waals surface area contributed by atoms with Crippen molar-refractivity contribution in [2.45, 2.75) is 19.8 Å². The van der Waals surface area contributed by atoms with Crippen molar-refractivity contribution in [3.8, 4) is 0 Å². The lowest BCUT2D eigenvalue weighted by Gasteiger charge is -2.06. The predicted octanol–water partition coefficient (Wildman–Crippen LogP) is 2.76. The number of amides is 1. The number of carbonyl (C=O) groups excluding carboxylic acids is 1. The molecule has 88 valence electrons. The molecule has 0 aliphatic carbocycles. The molecule has 1 aromatic heterocycles. The average molecular weight is 228 g/mol. The van der Waals surface area contributed by atoms with Gasteiger partial charge in [0.15, 0.2) is 0 Å². The second-order valence-electron chi connectivity index (χ2n) is 3.99. The van der Waals surface area contributed by atoms with Crippen LogP contribution in [-0.2, 0) is 0 Å². The van der Waals surface area contributed by atoms with Gasteiger partial charge in [-0.3, -0.25) is 9.78 Å². The fourth-order valence-electron chi connectivity index (χ4n) is 1.76. The molecule has 0 bridgehead atoms. The summed E-state index contributed by atoms with van der Waals surface area (Å²) in [6, 6.07) is 9.51. The average Bonchev–Trinajstić information content (AvgIpc) is 2.38. The van der Waals surface area contributed by atoms with Crippen molar-refractivity contribution in [3.63, 3.8) is 0 Å². The first kappa shape index (κ1) is 11.6. The van der Waals surface area contributed by atoms with Gasteiger partial charge in [0.1, 0.15) is 0 Å². The first-order valence-electron chi connectivity index (χ1n) is 5.95. The van der Waals surface area contributed by atoms with Crippen LogP contribution in [0.3, 0.4) is 0 Å². The molecule has 2 rings (SSSR count). The lowest BCUT2D eigenvalue weighted by atomic mass is 10.1. The lowest BCUT2D eigenvalue weighted by molar-refractivity contribution is 0.0954. The quantitative estimate of drug-likeness (QED) is 0.817. The molecule has 0 aliphatic heterocycles. The van der Waals surface area contributed by atoms with Gasteiger partial charge in [-0.05, 0) is 18.6 Å². The predicted molar refractivity (Wildman–Crippen MR) is 69.0 cm³/mol. The summed E-state index contributed by atoms with van der Waals surface area (Å²) in [5.74, 6) is -0.0391. The van der Waals surface area contributed by atoms with Crippen LogP contribution in [0.4, 0.5) is 0 Å². The van der Waals surface area contributed by atoms with Crippen molar-refractivity contribution in [2.24, 2.45) is 0 Å². The molecule has 0 radical (unpaired) electrons. The summed E-state index contributed by atoms with van der Waals surface area (Å²) in [7, 11) is 0. The van der Waals surface area contributed by atoms with Crippen LogP contribution in [0.15, 0.2) is 36.5 Å². The molecule has 17 heavy (non-hydrogen) atoms. The minimum Gasteiger partial charge on any atom is -0.352 e. The standard InChI is InChI=1S/C14H16N2O/c1-2-3-9-16-14(17)12-8-4-6-11-7-5-10-15-13(11)12/h4-8,10H,2-3,9H2,1H3,(H,16,17). The topological polar surface area (TPSA) is 42.0 Å². The Labute approximate surface area is 101 Å². The van der Waals surface area contributed by atoms with E-state index in [-0.39, 0.29) is 5.91 Å². The number of carbonyl (C=O) groups is 1. The molecule has 1 aromatic carbocycles. The van der Waals surface area contributed by atoms with Crippen LogP contribution in [0, 0.1) is 0 Å². The number of hydrogen-bond acceptors (Lipinski definition) is 2. The molecule has 0 fully saturated rings. The Morgan fingerprint density at radius 2 is 2.12 bits per heavy atom. The van der Waals surface area contributed by atoms with Gasteiger partial charge in [0, 0.05) is 18.1 Å². The summed E-state index contributed by atoms with van der Waals surface area (Å²) >= 11 is 0. The normalized spacial score (nSPS) is 10.4. The van der Waals surface area contributed by atoms with Gasteiger partial charge in [-0.15, -0.1) is 0 Å². The number of benzene rings is 1. The van der Waals surface area contributed by atoms with Gasteiger partial charge in [-0.1, -0.05) is 31.5 Å². The second-order valence-corrected chi connectivity index (χ2v) is 3.99. The third-order valence-electron chi connectivity index (χ3n) is 2.69. The van der Waals surface area contributed by atoms with Gasteiger partial charge in [0.05, 0.1) is 11.1 Å². The first-order valence-corrected chi connectivity index (χ1v) is 5.95. The molecule has 0 atom stereocenters. The number of hydrogen-bond donors (Lipinski definition) is 1. The number of pyridine rings is 1. The van der Waals surface area contributed by atoms with Gasteiger partial charge >= 0.3 is 0 Å². The van der Waals surface area contributed by atoms with Crippen molar-refractivity contribution < 1.29 is 4.79 Å². The van der Waals surface area contributed by atoms with Crippen LogP contribution in [0.1, 0.15) is 30.1 Å². The zero-order chi connectivity index (χ0) is 12.1. The van der Waals surface area contributed by atoms with E-state index < -0.39 is 0 Å². The van der Waals surface area contributed by atoms with Crippen LogP contribution in [0.2, 0.25) is 0 Å². The molecule has 2 aromatic rings. The summed E-state index contributed by atoms with van der Waals surface area (Å²) in [4.78, 5) is 16.3. The minimum absolute atomic E-state index is 0.0391. The molecule has 0 unspecified atom stereocenters. The highest BCUT2D eigenvalue weighted by Crippen LogP contribution is 2.15. The summed E-state index contributed by atoms with van der Waals surface area (Å²) in [5.41, 5.74) is 1.42. The molecule has 3 heteroatoms. The van der Waals surface area contributed by atoms with Crippen molar-refractivity contribution >= 4 is 16.8 Å². The van der Waals surface area contributed by atoms with E-state index in [1.54, 1.807) is 6.20 Å². The molecule has 1 N–H and O–H groups in total. The third kappa shape index (κ3) is 2.61. The Balaban J connectivity index is 2.26. The number of aromatic nitrogens is 1. The molecule has 3 nitrogen and oxygen atoms in total. The van der Waals surface area contributed by atoms with E-state index in [0.717, 1.165) is 30.3 Å². The van der Waals surface area contributed by atoms with E-state index in [2.05, 4.69) is 17.2 Å². The van der Waals surface area contributed by atoms with Gasteiger partial charge in [0.2, 0.25) is 0 Å². The van der Waals surface area contributed by atoms with E-state index in [9.17, 15) is 4.79 Å². The Hall–Kier alpha value is -1.90. The van der Waals surface area contributed by atoms with Crippen LogP contribution < -0.4 is 5.32 Å². The molecular formula is C14H16N2O. The molecule has 1 heterocycles. The largest absolute Gasteiger partial charge is 0.352 e. The van der Waals surface area contributed by atoms with Crippen LogP contribution in [0.5, 0.6) is 0 Å². The zero-order valence-electron chi connectivity index (χ0n) is 9.94. The van der Waals surface area contributed by atoms with Crippen molar-refractivity contribution in [1.82, 2.24) is 10.3 Å². The van der Waals surface area contributed by atoms with Crippen molar-refractivity contribution in [3.05, 3.63) is 42.1 Å². The van der Waals surface area contributed by atoms with Crippen LogP contribution >= 0.6 is 0 Å². The fraction of sp³-hybridized carbons (Fsp3) is 0.286. The molecular weight excluding hydrogens is 212 g/mol. The SMILES string of the molecule is CCCCNC(=O)c1cccc2cccnc12. The smallest absolute Gasteiger partial charge is 0.253 e. The van der Waals surface area contributed by atoms with E-state index in [0.29, 0.717) is 5.56 Å². The van der Waals surface area contributed by atoms with E-state index >= 15 is 0 Å². The Kier molecular flexibility index (Phi) is 3.70. The summed E-state index contributed by atoms with van der Waals surface area (Å²) < 4.78 is 0. The van der Waals surface area contributed by atoms with Gasteiger partial charge in [-0.25, -0.2) is 0 Å². The van der Waals surface area contributed by atoms with Crippen molar-refractivity contribution in [1.29, 1.82) is 0 Å². The minimum atomic E-state index is -0.0391. The summed E-state index contributed by atoms with van der Waals surface area (Å²) in [6.45, 7) is 2.82. The third-order valence-corrected chi connectivity index (χ3v) is 2.69. The molecule has 0 saturated heterocycles. The molecule has 1 amide bonds. The zero-order valence-corrected chi connectivity index (χ0v) is 9.94. The number of nitrogens with zero attached hydrogens (tertiary/aromatic N) is 1. The highest BCUT2D eigenvalue weighted by atomic mass is 16.1. The maximum atomic E-state index is 12.0. The molecule has 0 saturated carbocycles. The number of nitrogens with one attached hydrogen (secondary N) is 1. The summed E-state index contributed by atoms with van der Waals surface area (Å²) in [5, 5.41) is 3.91. The van der Waals surface area contributed by atoms with E-state index in [4.69, 9.17) is 0 Å². The van der Waals surface area contributed by atoms with Crippen LogP contribution in [0.25, 0.3) is 10.9 Å². The first-order chi connectivity index (χ1) is 8.33. The van der Waals surface area contributed by atoms with E-state index in [1.807, 2.05) is 30.3 Å². The van der Waals surface area contributed by atoms with Gasteiger partial charge in [0.25, 0.3) is 5.91 Å². The second kappa shape index (κ2) is 5.43. The van der Waals surface area contributed by atoms with Gasteiger partial charge in [-0.2, -0.15) is 0 Å². The molecule has 0 spiro atoms. The molecule has 0 aliphatic rings. The maximum Gasteiger partial charge on any atom is 0.253 e. The monoisotopic (exact) mass is 228 g/mol. The van der Waals surface area contributed by atoms with E-state index in [1.165, 1.54) is 0 Å². The Morgan fingerprint density at radius 3 is 2.94 bits per heavy atom. The lowest BCUT2D eigenvalue weighted by Crippen LogP contribution is -2.24. The summed E-state index contributed by atoms with van der Waals surface area (Å²) in [6.07, 6.45) is 3.79. The highest BCUT2D eigenvalue weighted by Gasteiger charge is 2.09. The number of unbranched alkanes of at least 4 members (excludes halogenated alkanes) is 1. The Morgan fingerprint density at radius 1 is 1.29 bits per heavy atom. The van der Waals surface area contributed by atoms with Crippen LogP contribution in [-0.4, -0.2) is 17.4 Å². The number of rotatable bonds is 4. The number of para-hydroxylation sites is 1. The Bertz CT molecular complexity index is 517. The maximum absolute atomic E-state index is 12.0. The number of fused-ring (bicyclic) bond motifs is 1. The van der Waals surface area contributed by atoms with Gasteiger partial charge < -0.3 is 5.32 Å². The van der Waals surface area contributed by atoms with Crippen molar-refractivity contribution in [2.75, 3.05) is 6.54 Å².